The van der Waals surface area contributed by atoms with Crippen LogP contribution in [-0.4, -0.2) is 4.57 Å². The van der Waals surface area contributed by atoms with Crippen LogP contribution >= 0.6 is 0 Å². The van der Waals surface area contributed by atoms with E-state index in [0.717, 1.165) is 41.8 Å². The van der Waals surface area contributed by atoms with E-state index in [1.807, 2.05) is 6.07 Å². The SMILES string of the molecule is CCC1n2c(Cc3cc(F)c(F)c(F)c3)c[n+]3c4ccccc4c4cccc(c4c23)C1(C)CC. The van der Waals surface area contributed by atoms with Crippen LogP contribution in [0.4, 0.5) is 13.2 Å². The minimum Gasteiger partial charge on any atom is -0.223 e. The molecule has 2 unspecified atom stereocenters. The summed E-state index contributed by atoms with van der Waals surface area (Å²) >= 11 is 0. The molecule has 172 valence electrons. The van der Waals surface area contributed by atoms with Gasteiger partial charge in [-0.15, -0.1) is 0 Å². The Hall–Kier alpha value is -3.34. The van der Waals surface area contributed by atoms with Crippen LogP contribution in [0, 0.1) is 17.5 Å². The normalized spacial score (nSPS) is 19.6. The first-order chi connectivity index (χ1) is 16.4. The fourth-order valence-corrected chi connectivity index (χ4v) is 6.28. The van der Waals surface area contributed by atoms with E-state index >= 15 is 0 Å². The van der Waals surface area contributed by atoms with Crippen LogP contribution in [0.3, 0.4) is 0 Å². The molecule has 0 bridgehead atoms. The van der Waals surface area contributed by atoms with Crippen LogP contribution in [0.25, 0.3) is 27.3 Å². The topological polar surface area (TPSA) is 9.03 Å². The van der Waals surface area contributed by atoms with Crippen LogP contribution in [0.5, 0.6) is 0 Å². The quantitative estimate of drug-likeness (QED) is 0.153. The lowest BCUT2D eigenvalue weighted by atomic mass is 9.69. The molecular formula is C29H26F3N2+. The van der Waals surface area contributed by atoms with E-state index in [2.05, 4.69) is 72.3 Å². The number of rotatable bonds is 4. The average molecular weight is 460 g/mol. The number of fused-ring (bicyclic) bond motifs is 3. The third-order valence-corrected chi connectivity index (χ3v) is 8.00. The summed E-state index contributed by atoms with van der Waals surface area (Å²) in [5.41, 5.74) is 4.82. The second-order valence-corrected chi connectivity index (χ2v) is 9.67. The highest BCUT2D eigenvalue weighted by Crippen LogP contribution is 2.49. The molecule has 3 heterocycles. The monoisotopic (exact) mass is 459 g/mol. The molecule has 2 nitrogen and oxygen atoms in total. The third-order valence-electron chi connectivity index (χ3n) is 8.00. The van der Waals surface area contributed by atoms with E-state index < -0.39 is 17.5 Å². The molecule has 6 rings (SSSR count). The van der Waals surface area contributed by atoms with E-state index in [-0.39, 0.29) is 11.5 Å². The molecule has 5 aromatic rings. The van der Waals surface area contributed by atoms with Gasteiger partial charge in [0.2, 0.25) is 0 Å². The van der Waals surface area contributed by atoms with Gasteiger partial charge in [-0.3, -0.25) is 0 Å². The number of pyridine rings is 1. The molecule has 0 fully saturated rings. The summed E-state index contributed by atoms with van der Waals surface area (Å²) in [5, 5.41) is 3.62. The van der Waals surface area contributed by atoms with Gasteiger partial charge in [0.1, 0.15) is 23.4 Å². The van der Waals surface area contributed by atoms with Gasteiger partial charge in [-0.05, 0) is 42.2 Å². The summed E-state index contributed by atoms with van der Waals surface area (Å²) in [7, 11) is 0. The van der Waals surface area contributed by atoms with Gasteiger partial charge in [0.25, 0.3) is 5.65 Å². The molecule has 0 spiro atoms. The highest BCUT2D eigenvalue weighted by Gasteiger charge is 2.46. The van der Waals surface area contributed by atoms with Crippen molar-refractivity contribution in [2.75, 3.05) is 0 Å². The average Bonchev–Trinajstić information content (AvgIpc) is 3.21. The van der Waals surface area contributed by atoms with Crippen molar-refractivity contribution < 1.29 is 17.6 Å². The predicted octanol–water partition coefficient (Wildman–Crippen LogP) is 7.17. The minimum atomic E-state index is -1.42. The molecule has 1 aliphatic rings. The van der Waals surface area contributed by atoms with Gasteiger partial charge < -0.3 is 0 Å². The van der Waals surface area contributed by atoms with Crippen molar-refractivity contribution in [3.63, 3.8) is 0 Å². The van der Waals surface area contributed by atoms with Gasteiger partial charge >= 0.3 is 0 Å². The van der Waals surface area contributed by atoms with E-state index in [4.69, 9.17) is 0 Å². The highest BCUT2D eigenvalue weighted by atomic mass is 19.2. The van der Waals surface area contributed by atoms with Crippen LogP contribution in [-0.2, 0) is 11.8 Å². The van der Waals surface area contributed by atoms with Crippen molar-refractivity contribution in [1.29, 1.82) is 0 Å². The van der Waals surface area contributed by atoms with Crippen molar-refractivity contribution in [2.24, 2.45) is 0 Å². The molecule has 0 aliphatic carbocycles. The van der Waals surface area contributed by atoms with E-state index in [0.29, 0.717) is 12.0 Å². The second kappa shape index (κ2) is 7.33. The zero-order valence-electron chi connectivity index (χ0n) is 19.5. The number of nitrogens with zero attached hydrogens (tertiary/aromatic N) is 2. The molecular weight excluding hydrogens is 433 g/mol. The lowest BCUT2D eigenvalue weighted by Gasteiger charge is -2.39. The van der Waals surface area contributed by atoms with Crippen molar-refractivity contribution in [1.82, 2.24) is 4.57 Å². The molecule has 1 aliphatic heterocycles. The number of hydrogen-bond acceptors (Lipinski definition) is 0. The van der Waals surface area contributed by atoms with E-state index in [9.17, 15) is 13.2 Å². The number of hydrogen-bond donors (Lipinski definition) is 0. The molecule has 0 saturated carbocycles. The first kappa shape index (κ1) is 21.2. The largest absolute Gasteiger partial charge is 0.295 e. The standard InChI is InChI=1S/C29H26F3N2/c1-4-25-29(3,5-2)21-11-8-10-20-19-9-6-7-12-24(19)33-16-18(34(25)28(33)26(20)21)13-17-14-22(30)27(32)23(31)15-17/h6-12,14-16,25H,4-5,13H2,1-3H3/q+1. The zero-order chi connectivity index (χ0) is 23.8. The molecule has 34 heavy (non-hydrogen) atoms. The first-order valence-electron chi connectivity index (χ1n) is 11.9. The highest BCUT2D eigenvalue weighted by molar-refractivity contribution is 6.11. The fraction of sp³-hybridized carbons (Fsp3) is 0.276. The summed E-state index contributed by atoms with van der Waals surface area (Å²) in [6.07, 6.45) is 4.28. The van der Waals surface area contributed by atoms with Crippen LogP contribution in [0.1, 0.15) is 56.5 Å². The number of aromatic nitrogens is 2. The fourth-order valence-electron chi connectivity index (χ4n) is 6.28. The van der Waals surface area contributed by atoms with Gasteiger partial charge in [0.15, 0.2) is 17.5 Å². The van der Waals surface area contributed by atoms with Gasteiger partial charge in [0.05, 0.1) is 5.39 Å². The number of benzene rings is 3. The first-order valence-corrected chi connectivity index (χ1v) is 11.9. The maximum absolute atomic E-state index is 14.0. The molecule has 2 atom stereocenters. The molecule has 3 aromatic carbocycles. The Kier molecular flexibility index (Phi) is 4.57. The van der Waals surface area contributed by atoms with Crippen LogP contribution in [0.15, 0.2) is 60.8 Å². The van der Waals surface area contributed by atoms with Crippen molar-refractivity contribution in [2.45, 2.75) is 51.5 Å². The summed E-state index contributed by atoms with van der Waals surface area (Å²) in [4.78, 5) is 0. The van der Waals surface area contributed by atoms with Crippen LogP contribution < -0.4 is 4.40 Å². The third kappa shape index (κ3) is 2.67. The minimum absolute atomic E-state index is 0.107. The zero-order valence-corrected chi connectivity index (χ0v) is 19.5. The molecule has 5 heteroatoms. The van der Waals surface area contributed by atoms with Crippen molar-refractivity contribution in [3.05, 3.63) is 95.1 Å². The summed E-state index contributed by atoms with van der Waals surface area (Å²) in [6, 6.07) is 17.3. The Morgan fingerprint density at radius 3 is 2.35 bits per heavy atom. The maximum Gasteiger partial charge on any atom is 0.295 e. The van der Waals surface area contributed by atoms with E-state index in [1.54, 1.807) is 0 Å². The Labute approximate surface area is 196 Å². The van der Waals surface area contributed by atoms with Crippen molar-refractivity contribution >= 4 is 27.3 Å². The molecule has 0 radical (unpaired) electrons. The number of imidazole rings is 1. The van der Waals surface area contributed by atoms with Gasteiger partial charge in [-0.1, -0.05) is 57.2 Å². The molecule has 2 aromatic heterocycles. The summed E-state index contributed by atoms with van der Waals surface area (Å²) < 4.78 is 46.3. The summed E-state index contributed by atoms with van der Waals surface area (Å²) in [6.45, 7) is 6.75. The molecule has 0 amide bonds. The second-order valence-electron chi connectivity index (χ2n) is 9.67. The molecule has 0 N–H and O–H groups in total. The van der Waals surface area contributed by atoms with Crippen molar-refractivity contribution in [3.8, 4) is 0 Å². The lowest BCUT2D eigenvalue weighted by Crippen LogP contribution is -2.38. The Morgan fingerprint density at radius 1 is 0.941 bits per heavy atom. The van der Waals surface area contributed by atoms with Crippen LogP contribution in [0.2, 0.25) is 0 Å². The molecule has 0 saturated heterocycles. The number of para-hydroxylation sites is 1. The predicted molar refractivity (Wildman–Crippen MR) is 129 cm³/mol. The summed E-state index contributed by atoms with van der Waals surface area (Å²) in [5.74, 6) is -3.73. The number of halogens is 3. The maximum atomic E-state index is 14.0. The van der Waals surface area contributed by atoms with E-state index in [1.165, 1.54) is 21.7 Å². The Morgan fingerprint density at radius 2 is 1.65 bits per heavy atom. The van der Waals surface area contributed by atoms with Gasteiger partial charge in [-0.25, -0.2) is 17.7 Å². The van der Waals surface area contributed by atoms with Gasteiger partial charge in [0, 0.05) is 22.6 Å². The lowest BCUT2D eigenvalue weighted by molar-refractivity contribution is -0.479. The smallest absolute Gasteiger partial charge is 0.223 e. The Balaban J connectivity index is 1.76. The Bertz CT molecular complexity index is 1590. The van der Waals surface area contributed by atoms with Gasteiger partial charge in [-0.2, -0.15) is 4.40 Å².